The van der Waals surface area contributed by atoms with E-state index in [1.807, 2.05) is 18.2 Å². The Labute approximate surface area is 208 Å². The molecule has 31 heavy (non-hydrogen) atoms. The Morgan fingerprint density at radius 3 is 2.32 bits per heavy atom. The molecule has 1 aromatic carbocycles. The van der Waals surface area contributed by atoms with Crippen molar-refractivity contribution < 1.29 is 14.4 Å². The average Bonchev–Trinajstić information content (AvgIpc) is 3.35. The maximum Gasteiger partial charge on any atom is 0.233 e. The Morgan fingerprint density at radius 1 is 1.06 bits per heavy atom. The zero-order chi connectivity index (χ0) is 22.3. The number of unbranched alkanes of at least 4 members (excludes halogenated alkanes) is 2. The summed E-state index contributed by atoms with van der Waals surface area (Å²) in [5.74, 6) is 0.286. The third kappa shape index (κ3) is 4.41. The van der Waals surface area contributed by atoms with Gasteiger partial charge in [0.1, 0.15) is 0 Å². The Kier molecular flexibility index (Phi) is 7.28. The van der Waals surface area contributed by atoms with Crippen molar-refractivity contribution in [2.45, 2.75) is 55.1 Å². The summed E-state index contributed by atoms with van der Waals surface area (Å²) in [6.45, 7) is 2.53. The van der Waals surface area contributed by atoms with E-state index in [0.717, 1.165) is 47.8 Å². The SMILES string of the molecule is CCc1cc(Br)ccc1NC(=O)CCCCCN1C(=O)[C@H]2[C@@H]3C[C@@H]([C@@H](Br)[C@@H]3Br)[C@@H]2C1=O. The summed E-state index contributed by atoms with van der Waals surface area (Å²) in [5.41, 5.74) is 1.96. The molecule has 4 rings (SSSR count). The summed E-state index contributed by atoms with van der Waals surface area (Å²) < 4.78 is 1.00. The first-order valence-corrected chi connectivity index (χ1v) is 13.7. The van der Waals surface area contributed by atoms with Crippen molar-refractivity contribution in [2.75, 3.05) is 11.9 Å². The highest BCUT2D eigenvalue weighted by Gasteiger charge is 2.66. The number of aryl methyl sites for hydroxylation is 1. The average molecular weight is 619 g/mol. The monoisotopic (exact) mass is 616 g/mol. The van der Waals surface area contributed by atoms with E-state index in [0.29, 0.717) is 13.0 Å². The second-order valence-corrected chi connectivity index (χ2v) is 11.9. The quantitative estimate of drug-likeness (QED) is 0.245. The molecule has 0 aromatic heterocycles. The van der Waals surface area contributed by atoms with Gasteiger partial charge in [0.15, 0.2) is 0 Å². The highest BCUT2D eigenvalue weighted by molar-refractivity contribution is 9.12. The first kappa shape index (κ1) is 23.4. The van der Waals surface area contributed by atoms with Crippen LogP contribution in [0.15, 0.2) is 22.7 Å². The number of carbonyl (C=O) groups is 3. The molecule has 3 amide bonds. The number of halogens is 3. The van der Waals surface area contributed by atoms with Gasteiger partial charge in [0.05, 0.1) is 11.8 Å². The van der Waals surface area contributed by atoms with Gasteiger partial charge in [0.2, 0.25) is 17.7 Å². The number of anilines is 1. The molecular weight excluding hydrogens is 592 g/mol. The van der Waals surface area contributed by atoms with Crippen molar-refractivity contribution >= 4 is 71.2 Å². The van der Waals surface area contributed by atoms with Crippen molar-refractivity contribution in [2.24, 2.45) is 23.7 Å². The second kappa shape index (κ2) is 9.64. The van der Waals surface area contributed by atoms with Gasteiger partial charge in [-0.25, -0.2) is 0 Å². The normalized spacial score (nSPS) is 31.4. The molecule has 0 radical (unpaired) electrons. The summed E-state index contributed by atoms with van der Waals surface area (Å²) >= 11 is 10.9. The van der Waals surface area contributed by atoms with Gasteiger partial charge in [0, 0.05) is 32.8 Å². The smallest absolute Gasteiger partial charge is 0.233 e. The minimum atomic E-state index is -0.139. The number of likely N-dealkylation sites (tertiary alicyclic amines) is 1. The molecule has 5 nitrogen and oxygen atoms in total. The lowest BCUT2D eigenvalue weighted by Gasteiger charge is -2.28. The predicted octanol–water partition coefficient (Wildman–Crippen LogP) is 5.29. The van der Waals surface area contributed by atoms with Crippen molar-refractivity contribution in [3.63, 3.8) is 0 Å². The number of nitrogens with zero attached hydrogens (tertiary/aromatic N) is 1. The number of imide groups is 1. The fourth-order valence-electron chi connectivity index (χ4n) is 5.55. The summed E-state index contributed by atoms with van der Waals surface area (Å²) in [6.07, 6.45) is 4.55. The third-order valence-electron chi connectivity index (χ3n) is 7.09. The van der Waals surface area contributed by atoms with Crippen molar-refractivity contribution in [1.82, 2.24) is 4.90 Å². The molecule has 2 bridgehead atoms. The van der Waals surface area contributed by atoms with Crippen LogP contribution in [-0.2, 0) is 20.8 Å². The number of hydrogen-bond acceptors (Lipinski definition) is 3. The van der Waals surface area contributed by atoms with Crippen LogP contribution in [0.2, 0.25) is 0 Å². The second-order valence-electron chi connectivity index (χ2n) is 8.85. The molecule has 6 atom stereocenters. The Hall–Kier alpha value is -0.730. The topological polar surface area (TPSA) is 66.5 Å². The fraction of sp³-hybridized carbons (Fsp3) is 0.609. The summed E-state index contributed by atoms with van der Waals surface area (Å²) in [5, 5.41) is 3.00. The van der Waals surface area contributed by atoms with Gasteiger partial charge >= 0.3 is 0 Å². The van der Waals surface area contributed by atoms with Gasteiger partial charge in [-0.2, -0.15) is 0 Å². The Balaban J connectivity index is 1.22. The standard InChI is InChI=1S/C23H27Br3N2O3/c1-2-12-10-13(24)7-8-16(12)27-17(29)6-4-3-5-9-28-22(30)18-14-11-15(19(18)23(28)31)21(26)20(14)25/h7-8,10,14-15,18-21H,2-6,9,11H2,1H3,(H,27,29)/t14-,15+,18-,19-,20+,21+/m0/s1. The molecule has 168 valence electrons. The molecule has 0 spiro atoms. The van der Waals surface area contributed by atoms with E-state index in [2.05, 4.69) is 60.0 Å². The number of fused-ring (bicyclic) bond motifs is 5. The molecule has 3 fully saturated rings. The number of hydrogen-bond donors (Lipinski definition) is 1. The molecule has 1 saturated heterocycles. The van der Waals surface area contributed by atoms with Crippen LogP contribution < -0.4 is 5.32 Å². The van der Waals surface area contributed by atoms with E-state index >= 15 is 0 Å². The predicted molar refractivity (Wildman–Crippen MR) is 131 cm³/mol. The maximum absolute atomic E-state index is 12.9. The van der Waals surface area contributed by atoms with E-state index in [1.165, 1.54) is 4.90 Å². The Bertz CT molecular complexity index is 861. The summed E-state index contributed by atoms with van der Waals surface area (Å²) in [4.78, 5) is 40.1. The van der Waals surface area contributed by atoms with E-state index in [4.69, 9.17) is 0 Å². The van der Waals surface area contributed by atoms with E-state index in [-0.39, 0.29) is 51.0 Å². The first-order valence-electron chi connectivity index (χ1n) is 11.0. The zero-order valence-corrected chi connectivity index (χ0v) is 22.2. The molecular formula is C23H27Br3N2O3. The van der Waals surface area contributed by atoms with Crippen LogP contribution in [0.4, 0.5) is 5.69 Å². The number of rotatable bonds is 8. The molecule has 1 N–H and O–H groups in total. The molecule has 1 aromatic rings. The van der Waals surface area contributed by atoms with Gasteiger partial charge in [0.25, 0.3) is 0 Å². The highest BCUT2D eigenvalue weighted by Crippen LogP contribution is 2.60. The van der Waals surface area contributed by atoms with Gasteiger partial charge < -0.3 is 5.32 Å². The maximum atomic E-state index is 12.9. The van der Waals surface area contributed by atoms with Crippen LogP contribution in [0, 0.1) is 23.7 Å². The number of benzene rings is 1. The largest absolute Gasteiger partial charge is 0.326 e. The van der Waals surface area contributed by atoms with Crippen molar-refractivity contribution in [3.05, 3.63) is 28.2 Å². The minimum Gasteiger partial charge on any atom is -0.326 e. The van der Waals surface area contributed by atoms with Crippen LogP contribution in [0.25, 0.3) is 0 Å². The van der Waals surface area contributed by atoms with Crippen molar-refractivity contribution in [3.8, 4) is 0 Å². The lowest BCUT2D eigenvalue weighted by atomic mass is 9.81. The Morgan fingerprint density at radius 2 is 1.71 bits per heavy atom. The van der Waals surface area contributed by atoms with Crippen LogP contribution in [0.3, 0.4) is 0 Å². The van der Waals surface area contributed by atoms with Crippen LogP contribution in [0.1, 0.15) is 44.6 Å². The van der Waals surface area contributed by atoms with Crippen LogP contribution in [-0.4, -0.2) is 38.8 Å². The van der Waals surface area contributed by atoms with E-state index in [1.54, 1.807) is 0 Å². The lowest BCUT2D eigenvalue weighted by molar-refractivity contribution is -0.140. The molecule has 3 aliphatic rings. The molecule has 1 aliphatic heterocycles. The number of nitrogens with one attached hydrogen (secondary N) is 1. The molecule has 0 unspecified atom stereocenters. The van der Waals surface area contributed by atoms with Crippen molar-refractivity contribution in [1.29, 1.82) is 0 Å². The summed E-state index contributed by atoms with van der Waals surface area (Å²) in [6, 6.07) is 5.87. The lowest BCUT2D eigenvalue weighted by Crippen LogP contribution is -2.37. The van der Waals surface area contributed by atoms with Gasteiger partial charge in [-0.15, -0.1) is 0 Å². The molecule has 2 saturated carbocycles. The van der Waals surface area contributed by atoms with E-state index < -0.39 is 0 Å². The minimum absolute atomic E-state index is 0.00294. The van der Waals surface area contributed by atoms with Gasteiger partial charge in [-0.3, -0.25) is 19.3 Å². The van der Waals surface area contributed by atoms with E-state index in [9.17, 15) is 14.4 Å². The highest BCUT2D eigenvalue weighted by atomic mass is 79.9. The number of amides is 3. The van der Waals surface area contributed by atoms with Gasteiger partial charge in [-0.1, -0.05) is 61.1 Å². The number of alkyl halides is 2. The van der Waals surface area contributed by atoms with Gasteiger partial charge in [-0.05, 0) is 61.3 Å². The van der Waals surface area contributed by atoms with Crippen LogP contribution in [0.5, 0.6) is 0 Å². The number of carbonyl (C=O) groups excluding carboxylic acids is 3. The zero-order valence-electron chi connectivity index (χ0n) is 17.5. The molecule has 1 heterocycles. The fourth-order valence-corrected chi connectivity index (χ4v) is 7.83. The first-order chi connectivity index (χ1) is 14.8. The molecule has 2 aliphatic carbocycles. The third-order valence-corrected chi connectivity index (χ3v) is 10.8. The molecule has 8 heteroatoms. The summed E-state index contributed by atoms with van der Waals surface area (Å²) in [7, 11) is 0. The van der Waals surface area contributed by atoms with Crippen LogP contribution >= 0.6 is 47.8 Å².